The standard InChI is InChI=1S/C12H17NO2S/c1-13-11(9-4-3-6-15-8-9)12-10(14-2)5-7-16-12/h5,7-8,11,13H,3-4,6H2,1-2H3. The van der Waals surface area contributed by atoms with E-state index in [1.165, 1.54) is 10.5 Å². The molecule has 3 nitrogen and oxygen atoms in total. The average molecular weight is 239 g/mol. The van der Waals surface area contributed by atoms with Crippen LogP contribution in [-0.4, -0.2) is 20.8 Å². The highest BCUT2D eigenvalue weighted by molar-refractivity contribution is 7.10. The zero-order valence-electron chi connectivity index (χ0n) is 9.66. The van der Waals surface area contributed by atoms with Gasteiger partial charge in [-0.15, -0.1) is 11.3 Å². The SMILES string of the molecule is CNC(C1=COCCC1)c1sccc1OC. The van der Waals surface area contributed by atoms with Gasteiger partial charge in [0.25, 0.3) is 0 Å². The van der Waals surface area contributed by atoms with Crippen LogP contribution in [0.25, 0.3) is 0 Å². The van der Waals surface area contributed by atoms with Crippen molar-refractivity contribution in [1.82, 2.24) is 5.32 Å². The third-order valence-electron chi connectivity index (χ3n) is 2.76. The molecule has 0 radical (unpaired) electrons. The third kappa shape index (κ3) is 2.23. The molecule has 0 aliphatic carbocycles. The minimum atomic E-state index is 0.218. The molecule has 0 amide bonds. The van der Waals surface area contributed by atoms with E-state index in [9.17, 15) is 0 Å². The summed E-state index contributed by atoms with van der Waals surface area (Å²) in [4.78, 5) is 1.22. The van der Waals surface area contributed by atoms with Crippen molar-refractivity contribution in [2.75, 3.05) is 20.8 Å². The summed E-state index contributed by atoms with van der Waals surface area (Å²) in [5, 5.41) is 5.39. The minimum absolute atomic E-state index is 0.218. The van der Waals surface area contributed by atoms with Gasteiger partial charge in [-0.1, -0.05) is 0 Å². The van der Waals surface area contributed by atoms with Crippen molar-refractivity contribution < 1.29 is 9.47 Å². The van der Waals surface area contributed by atoms with Gasteiger partial charge in [-0.05, 0) is 36.9 Å². The van der Waals surface area contributed by atoms with E-state index >= 15 is 0 Å². The lowest BCUT2D eigenvalue weighted by molar-refractivity contribution is 0.220. The Hall–Kier alpha value is -1.00. The lowest BCUT2D eigenvalue weighted by Gasteiger charge is -2.22. The zero-order chi connectivity index (χ0) is 11.4. The van der Waals surface area contributed by atoms with Crippen LogP contribution in [0.2, 0.25) is 0 Å². The molecular formula is C12H17NO2S. The van der Waals surface area contributed by atoms with Crippen LogP contribution in [0.5, 0.6) is 5.75 Å². The number of hydrogen-bond acceptors (Lipinski definition) is 4. The lowest BCUT2D eigenvalue weighted by Crippen LogP contribution is -2.20. The van der Waals surface area contributed by atoms with Gasteiger partial charge >= 0.3 is 0 Å². The maximum absolute atomic E-state index is 5.40. The summed E-state index contributed by atoms with van der Waals surface area (Å²) in [7, 11) is 3.68. The maximum Gasteiger partial charge on any atom is 0.134 e. The van der Waals surface area contributed by atoms with E-state index in [1.54, 1.807) is 18.4 Å². The van der Waals surface area contributed by atoms with Crippen molar-refractivity contribution in [3.63, 3.8) is 0 Å². The first-order valence-electron chi connectivity index (χ1n) is 5.46. The molecule has 0 spiro atoms. The molecule has 1 N–H and O–H groups in total. The minimum Gasteiger partial charge on any atom is -0.501 e. The highest BCUT2D eigenvalue weighted by Gasteiger charge is 2.21. The second-order valence-corrected chi connectivity index (χ2v) is 4.69. The largest absolute Gasteiger partial charge is 0.501 e. The fourth-order valence-corrected chi connectivity index (χ4v) is 2.98. The van der Waals surface area contributed by atoms with E-state index in [0.717, 1.165) is 25.2 Å². The van der Waals surface area contributed by atoms with Gasteiger partial charge in [0.1, 0.15) is 5.75 Å². The Morgan fingerprint density at radius 1 is 1.56 bits per heavy atom. The predicted molar refractivity (Wildman–Crippen MR) is 65.9 cm³/mol. The van der Waals surface area contributed by atoms with Gasteiger partial charge in [-0.2, -0.15) is 0 Å². The third-order valence-corrected chi connectivity index (χ3v) is 3.72. The summed E-state index contributed by atoms with van der Waals surface area (Å²) >= 11 is 1.72. The lowest BCUT2D eigenvalue weighted by atomic mass is 10.0. The summed E-state index contributed by atoms with van der Waals surface area (Å²) in [6.45, 7) is 0.835. The van der Waals surface area contributed by atoms with Gasteiger partial charge in [0.15, 0.2) is 0 Å². The summed E-state index contributed by atoms with van der Waals surface area (Å²) in [6.07, 6.45) is 4.08. The first kappa shape index (κ1) is 11.5. The van der Waals surface area contributed by atoms with E-state index in [0.29, 0.717) is 0 Å². The smallest absolute Gasteiger partial charge is 0.134 e. The number of likely N-dealkylation sites (N-methyl/N-ethyl adjacent to an activating group) is 1. The fraction of sp³-hybridized carbons (Fsp3) is 0.500. The molecule has 0 saturated carbocycles. The van der Waals surface area contributed by atoms with Gasteiger partial charge in [0.05, 0.1) is 30.9 Å². The van der Waals surface area contributed by atoms with Crippen LogP contribution in [0.15, 0.2) is 23.3 Å². The normalized spacial score (nSPS) is 17.5. The maximum atomic E-state index is 5.40. The Kier molecular flexibility index (Phi) is 3.85. The molecule has 16 heavy (non-hydrogen) atoms. The summed E-state index contributed by atoms with van der Waals surface area (Å²) in [6, 6.07) is 2.23. The molecule has 2 rings (SSSR count). The summed E-state index contributed by atoms with van der Waals surface area (Å²) in [5.74, 6) is 0.954. The van der Waals surface area contributed by atoms with Crippen LogP contribution in [-0.2, 0) is 4.74 Å². The quantitative estimate of drug-likeness (QED) is 0.876. The Morgan fingerprint density at radius 3 is 3.06 bits per heavy atom. The monoisotopic (exact) mass is 239 g/mol. The van der Waals surface area contributed by atoms with E-state index in [2.05, 4.69) is 10.7 Å². The van der Waals surface area contributed by atoms with Crippen LogP contribution < -0.4 is 10.1 Å². The number of thiophene rings is 1. The van der Waals surface area contributed by atoms with Crippen molar-refractivity contribution in [2.24, 2.45) is 0 Å². The summed E-state index contributed by atoms with van der Waals surface area (Å²) < 4.78 is 10.8. The van der Waals surface area contributed by atoms with Crippen molar-refractivity contribution in [2.45, 2.75) is 18.9 Å². The number of rotatable bonds is 4. The Bertz CT molecular complexity index is 373. The Labute approximate surface area is 100 Å². The zero-order valence-corrected chi connectivity index (χ0v) is 10.5. The molecule has 0 aromatic carbocycles. The molecule has 0 fully saturated rings. The molecular weight excluding hydrogens is 222 g/mol. The van der Waals surface area contributed by atoms with Crippen LogP contribution in [0, 0.1) is 0 Å². The molecule has 4 heteroatoms. The molecule has 0 saturated heterocycles. The second-order valence-electron chi connectivity index (χ2n) is 3.74. The van der Waals surface area contributed by atoms with Crippen LogP contribution >= 0.6 is 11.3 Å². The van der Waals surface area contributed by atoms with Gasteiger partial charge in [0.2, 0.25) is 0 Å². The highest BCUT2D eigenvalue weighted by Crippen LogP contribution is 2.36. The molecule has 1 aliphatic heterocycles. The first-order valence-corrected chi connectivity index (χ1v) is 6.34. The van der Waals surface area contributed by atoms with E-state index < -0.39 is 0 Å². The van der Waals surface area contributed by atoms with Gasteiger partial charge in [0, 0.05) is 0 Å². The van der Waals surface area contributed by atoms with E-state index in [4.69, 9.17) is 9.47 Å². The Balaban J connectivity index is 2.24. The number of nitrogens with one attached hydrogen (secondary N) is 1. The van der Waals surface area contributed by atoms with Crippen LogP contribution in [0.1, 0.15) is 23.8 Å². The number of methoxy groups -OCH3 is 1. The van der Waals surface area contributed by atoms with Gasteiger partial charge in [-0.25, -0.2) is 0 Å². The van der Waals surface area contributed by atoms with Crippen molar-refractivity contribution >= 4 is 11.3 Å². The molecule has 1 unspecified atom stereocenters. The van der Waals surface area contributed by atoms with Crippen molar-refractivity contribution in [3.05, 3.63) is 28.2 Å². The fourth-order valence-electron chi connectivity index (χ4n) is 1.97. The molecule has 88 valence electrons. The van der Waals surface area contributed by atoms with E-state index in [1.807, 2.05) is 19.4 Å². The molecule has 2 heterocycles. The molecule has 0 bridgehead atoms. The highest BCUT2D eigenvalue weighted by atomic mass is 32.1. The molecule has 1 aliphatic rings. The first-order chi connectivity index (χ1) is 7.86. The average Bonchev–Trinajstić information content (AvgIpc) is 2.80. The van der Waals surface area contributed by atoms with Gasteiger partial charge in [-0.3, -0.25) is 0 Å². The van der Waals surface area contributed by atoms with Crippen molar-refractivity contribution in [1.29, 1.82) is 0 Å². The Morgan fingerprint density at radius 2 is 2.44 bits per heavy atom. The predicted octanol–water partition coefficient (Wildman–Crippen LogP) is 2.71. The molecule has 1 aromatic rings. The number of ether oxygens (including phenoxy) is 2. The van der Waals surface area contributed by atoms with Gasteiger partial charge < -0.3 is 14.8 Å². The summed E-state index contributed by atoms with van der Waals surface area (Å²) in [5.41, 5.74) is 1.30. The van der Waals surface area contributed by atoms with Crippen LogP contribution in [0.3, 0.4) is 0 Å². The topological polar surface area (TPSA) is 30.5 Å². The van der Waals surface area contributed by atoms with E-state index in [-0.39, 0.29) is 6.04 Å². The number of hydrogen-bond donors (Lipinski definition) is 1. The second kappa shape index (κ2) is 5.37. The van der Waals surface area contributed by atoms with Crippen LogP contribution in [0.4, 0.5) is 0 Å². The molecule has 1 aromatic heterocycles. The van der Waals surface area contributed by atoms with Crippen molar-refractivity contribution in [3.8, 4) is 5.75 Å². The molecule has 1 atom stereocenters.